The van der Waals surface area contributed by atoms with Crippen LogP contribution in [0.3, 0.4) is 0 Å². The van der Waals surface area contributed by atoms with Crippen molar-refractivity contribution < 1.29 is 19.4 Å². The summed E-state index contributed by atoms with van der Waals surface area (Å²) in [6.07, 6.45) is 0.0492. The minimum atomic E-state index is -0.847. The molecule has 1 aromatic rings. The van der Waals surface area contributed by atoms with Crippen LogP contribution in [0.1, 0.15) is 13.3 Å². The largest absolute Gasteiger partial charge is 0.481 e. The molecule has 0 fully saturated rings. The van der Waals surface area contributed by atoms with Gasteiger partial charge in [0.2, 0.25) is 11.8 Å². The Morgan fingerprint density at radius 1 is 1.41 bits per heavy atom. The predicted molar refractivity (Wildman–Crippen MR) is 62.7 cm³/mol. The molecular formula is C10H14N2O4S. The molecule has 1 N–H and O–H groups in total. The Morgan fingerprint density at radius 3 is 2.35 bits per heavy atom. The molecule has 1 rings (SSSR count). The normalized spacial score (nSPS) is 11.9. The number of carboxylic acids is 1. The maximum Gasteiger partial charge on any atom is 0.304 e. The Balaban J connectivity index is 2.79. The van der Waals surface area contributed by atoms with Crippen LogP contribution in [0.4, 0.5) is 0 Å². The molecule has 0 saturated carbocycles. The second-order valence-electron chi connectivity index (χ2n) is 3.26. The van der Waals surface area contributed by atoms with E-state index in [1.807, 2.05) is 0 Å². The zero-order chi connectivity index (χ0) is 12.8. The van der Waals surface area contributed by atoms with Crippen LogP contribution in [-0.4, -0.2) is 40.5 Å². The number of thioether (sulfide) groups is 1. The van der Waals surface area contributed by atoms with E-state index in [-0.39, 0.29) is 11.7 Å². The van der Waals surface area contributed by atoms with Gasteiger partial charge in [-0.15, -0.1) is 0 Å². The van der Waals surface area contributed by atoms with E-state index in [0.29, 0.717) is 16.9 Å². The Morgan fingerprint density at radius 2 is 1.94 bits per heavy atom. The first-order valence-corrected chi connectivity index (χ1v) is 5.78. The molecular weight excluding hydrogens is 244 g/mol. The minimum absolute atomic E-state index is 0.0492. The number of aliphatic carboxylic acids is 1. The summed E-state index contributed by atoms with van der Waals surface area (Å²) in [5, 5.41) is 8.98. The van der Waals surface area contributed by atoms with Gasteiger partial charge in [0.1, 0.15) is 0 Å². The van der Waals surface area contributed by atoms with Crippen molar-refractivity contribution in [2.75, 3.05) is 14.2 Å². The molecule has 1 atom stereocenters. The fraction of sp³-hybridized carbons (Fsp3) is 0.500. The number of carbonyl (C=O) groups is 1. The van der Waals surface area contributed by atoms with E-state index < -0.39 is 5.97 Å². The minimum Gasteiger partial charge on any atom is -0.481 e. The van der Waals surface area contributed by atoms with Crippen molar-refractivity contribution in [3.63, 3.8) is 0 Å². The molecule has 0 aliphatic rings. The monoisotopic (exact) mass is 258 g/mol. The van der Waals surface area contributed by atoms with Crippen molar-refractivity contribution >= 4 is 17.7 Å². The maximum atomic E-state index is 10.5. The number of hydrogen-bond donors (Lipinski definition) is 1. The van der Waals surface area contributed by atoms with Crippen LogP contribution >= 0.6 is 11.8 Å². The molecule has 0 radical (unpaired) electrons. The van der Waals surface area contributed by atoms with Crippen LogP contribution < -0.4 is 9.47 Å². The van der Waals surface area contributed by atoms with Crippen LogP contribution in [0, 0.1) is 0 Å². The van der Waals surface area contributed by atoms with E-state index in [1.165, 1.54) is 26.0 Å². The van der Waals surface area contributed by atoms with Gasteiger partial charge < -0.3 is 14.6 Å². The molecule has 0 amide bonds. The van der Waals surface area contributed by atoms with E-state index in [1.54, 1.807) is 13.0 Å². The van der Waals surface area contributed by atoms with E-state index >= 15 is 0 Å². The van der Waals surface area contributed by atoms with Gasteiger partial charge in [-0.25, -0.2) is 0 Å². The third kappa shape index (κ3) is 4.48. The first-order valence-electron chi connectivity index (χ1n) is 4.90. The Bertz CT molecular complexity index is 378. The molecule has 94 valence electrons. The van der Waals surface area contributed by atoms with Crippen LogP contribution in [0.25, 0.3) is 0 Å². The first kappa shape index (κ1) is 13.6. The van der Waals surface area contributed by atoms with Gasteiger partial charge >= 0.3 is 5.97 Å². The fourth-order valence-electron chi connectivity index (χ4n) is 1.11. The average Bonchev–Trinajstić information content (AvgIpc) is 2.27. The highest BCUT2D eigenvalue weighted by Gasteiger charge is 2.13. The van der Waals surface area contributed by atoms with Crippen molar-refractivity contribution in [2.24, 2.45) is 0 Å². The number of hydrogen-bond acceptors (Lipinski definition) is 6. The first-order chi connectivity index (χ1) is 8.05. The van der Waals surface area contributed by atoms with Crippen LogP contribution in [0.15, 0.2) is 11.2 Å². The van der Waals surface area contributed by atoms with Crippen molar-refractivity contribution in [3.05, 3.63) is 6.07 Å². The molecule has 0 bridgehead atoms. The molecule has 0 aromatic carbocycles. The zero-order valence-corrected chi connectivity index (χ0v) is 10.7. The summed E-state index contributed by atoms with van der Waals surface area (Å²) in [7, 11) is 2.99. The van der Waals surface area contributed by atoms with Crippen molar-refractivity contribution in [1.29, 1.82) is 0 Å². The standard InChI is InChI=1S/C10H14N2O4S/c1-6(4-9(13)14)17-10-11-7(15-2)5-8(12-10)16-3/h5-6H,4H2,1-3H3,(H,13,14). The number of rotatable bonds is 6. The van der Waals surface area contributed by atoms with E-state index in [4.69, 9.17) is 14.6 Å². The van der Waals surface area contributed by atoms with Gasteiger partial charge in [-0.05, 0) is 0 Å². The number of methoxy groups -OCH3 is 2. The number of ether oxygens (including phenoxy) is 2. The molecule has 0 saturated heterocycles. The van der Waals surface area contributed by atoms with Crippen LogP contribution in [0.2, 0.25) is 0 Å². The molecule has 1 unspecified atom stereocenters. The van der Waals surface area contributed by atoms with Crippen molar-refractivity contribution in [2.45, 2.75) is 23.8 Å². The Hall–Kier alpha value is -1.50. The zero-order valence-electron chi connectivity index (χ0n) is 9.84. The molecule has 7 heteroatoms. The van der Waals surface area contributed by atoms with Crippen LogP contribution in [-0.2, 0) is 4.79 Å². The summed E-state index contributed by atoms with van der Waals surface area (Å²) in [6, 6.07) is 1.56. The second-order valence-corrected chi connectivity index (χ2v) is 4.67. The highest BCUT2D eigenvalue weighted by molar-refractivity contribution is 7.99. The lowest BCUT2D eigenvalue weighted by atomic mass is 10.3. The lowest BCUT2D eigenvalue weighted by Crippen LogP contribution is -2.07. The fourth-order valence-corrected chi connectivity index (χ4v) is 1.98. The lowest BCUT2D eigenvalue weighted by Gasteiger charge is -2.09. The summed E-state index contributed by atoms with van der Waals surface area (Å²) in [5.74, 6) is -0.0661. The summed E-state index contributed by atoms with van der Waals surface area (Å²) >= 11 is 1.27. The van der Waals surface area contributed by atoms with E-state index in [2.05, 4.69) is 9.97 Å². The second kappa shape index (κ2) is 6.29. The van der Waals surface area contributed by atoms with Gasteiger partial charge in [-0.2, -0.15) is 9.97 Å². The molecule has 0 spiro atoms. The van der Waals surface area contributed by atoms with Gasteiger partial charge in [0.05, 0.1) is 26.7 Å². The Labute approximate surface area is 103 Å². The highest BCUT2D eigenvalue weighted by Crippen LogP contribution is 2.26. The van der Waals surface area contributed by atoms with Gasteiger partial charge in [-0.1, -0.05) is 18.7 Å². The molecule has 17 heavy (non-hydrogen) atoms. The van der Waals surface area contributed by atoms with Gasteiger partial charge in [0, 0.05) is 5.25 Å². The summed E-state index contributed by atoms with van der Waals surface area (Å²) < 4.78 is 10.00. The predicted octanol–water partition coefficient (Wildman–Crippen LogP) is 1.45. The van der Waals surface area contributed by atoms with E-state index in [0.717, 1.165) is 0 Å². The van der Waals surface area contributed by atoms with E-state index in [9.17, 15) is 4.79 Å². The highest BCUT2D eigenvalue weighted by atomic mass is 32.2. The lowest BCUT2D eigenvalue weighted by molar-refractivity contribution is -0.136. The third-order valence-electron chi connectivity index (χ3n) is 1.85. The molecule has 0 aliphatic carbocycles. The maximum absolute atomic E-state index is 10.5. The van der Waals surface area contributed by atoms with Gasteiger partial charge in [0.25, 0.3) is 0 Å². The molecule has 1 heterocycles. The quantitative estimate of drug-likeness (QED) is 0.610. The Kier molecular flexibility index (Phi) is 5.02. The SMILES string of the molecule is COc1cc(OC)nc(SC(C)CC(=O)O)n1. The number of nitrogens with zero attached hydrogens (tertiary/aromatic N) is 2. The summed E-state index contributed by atoms with van der Waals surface area (Å²) in [6.45, 7) is 1.80. The summed E-state index contributed by atoms with van der Waals surface area (Å²) in [5.41, 5.74) is 0. The molecule has 1 aromatic heterocycles. The molecule has 0 aliphatic heterocycles. The van der Waals surface area contributed by atoms with Gasteiger partial charge in [-0.3, -0.25) is 4.79 Å². The average molecular weight is 258 g/mol. The van der Waals surface area contributed by atoms with Gasteiger partial charge in [0.15, 0.2) is 5.16 Å². The van der Waals surface area contributed by atoms with Crippen molar-refractivity contribution in [1.82, 2.24) is 9.97 Å². The number of aromatic nitrogens is 2. The van der Waals surface area contributed by atoms with Crippen LogP contribution in [0.5, 0.6) is 11.8 Å². The van der Waals surface area contributed by atoms with Crippen molar-refractivity contribution in [3.8, 4) is 11.8 Å². The summed E-state index contributed by atoms with van der Waals surface area (Å²) in [4.78, 5) is 18.8. The smallest absolute Gasteiger partial charge is 0.304 e. The molecule has 6 nitrogen and oxygen atoms in total. The number of carboxylic acid groups (broad SMARTS) is 1. The third-order valence-corrected chi connectivity index (χ3v) is 2.81. The topological polar surface area (TPSA) is 81.5 Å².